The van der Waals surface area contributed by atoms with Gasteiger partial charge in [0.05, 0.1) is 18.6 Å². The molecule has 0 radical (unpaired) electrons. The standard InChI is InChI=1S/C11H17NO2/c1-8-10(4-6-14-8)11(12-2)9-3-5-13-7-9/h3,5,7-8,10-12H,4,6H2,1-2H3. The van der Waals surface area contributed by atoms with Gasteiger partial charge in [-0.05, 0) is 26.5 Å². The highest BCUT2D eigenvalue weighted by Crippen LogP contribution is 2.32. The zero-order valence-electron chi connectivity index (χ0n) is 8.69. The summed E-state index contributed by atoms with van der Waals surface area (Å²) in [5.74, 6) is 0.553. The maximum Gasteiger partial charge on any atom is 0.0950 e. The van der Waals surface area contributed by atoms with Crippen LogP contribution in [0.15, 0.2) is 23.0 Å². The fourth-order valence-electron chi connectivity index (χ4n) is 2.27. The molecule has 2 rings (SSSR count). The number of rotatable bonds is 3. The smallest absolute Gasteiger partial charge is 0.0950 e. The SMILES string of the molecule is CNC(c1ccoc1)C1CCOC1C. The van der Waals surface area contributed by atoms with Crippen LogP contribution in [0.5, 0.6) is 0 Å². The van der Waals surface area contributed by atoms with Crippen LogP contribution in [0.1, 0.15) is 24.9 Å². The Morgan fingerprint density at radius 1 is 1.57 bits per heavy atom. The average Bonchev–Trinajstić information content (AvgIpc) is 2.80. The zero-order valence-corrected chi connectivity index (χ0v) is 8.69. The first-order valence-corrected chi connectivity index (χ1v) is 5.14. The second kappa shape index (κ2) is 4.15. The molecule has 3 unspecified atom stereocenters. The summed E-state index contributed by atoms with van der Waals surface area (Å²) in [6.07, 6.45) is 4.99. The lowest BCUT2D eigenvalue weighted by Gasteiger charge is -2.24. The highest BCUT2D eigenvalue weighted by molar-refractivity contribution is 5.13. The Kier molecular flexibility index (Phi) is 2.89. The number of hydrogen-bond donors (Lipinski definition) is 1. The van der Waals surface area contributed by atoms with E-state index in [1.165, 1.54) is 5.56 Å². The van der Waals surface area contributed by atoms with E-state index in [1.54, 1.807) is 6.26 Å². The van der Waals surface area contributed by atoms with Gasteiger partial charge < -0.3 is 14.5 Å². The normalized spacial score (nSPS) is 29.3. The molecule has 1 aliphatic heterocycles. The Morgan fingerprint density at radius 2 is 2.43 bits per heavy atom. The van der Waals surface area contributed by atoms with Crippen molar-refractivity contribution in [2.24, 2.45) is 5.92 Å². The van der Waals surface area contributed by atoms with Gasteiger partial charge in [-0.1, -0.05) is 0 Å². The summed E-state index contributed by atoms with van der Waals surface area (Å²) >= 11 is 0. The predicted octanol–water partition coefficient (Wildman–Crippen LogP) is 1.97. The van der Waals surface area contributed by atoms with Crippen LogP contribution in [0.4, 0.5) is 0 Å². The van der Waals surface area contributed by atoms with Gasteiger partial charge in [-0.25, -0.2) is 0 Å². The quantitative estimate of drug-likeness (QED) is 0.800. The molecular weight excluding hydrogens is 178 g/mol. The lowest BCUT2D eigenvalue weighted by atomic mass is 9.90. The van der Waals surface area contributed by atoms with Crippen LogP contribution in [0, 0.1) is 5.92 Å². The second-order valence-electron chi connectivity index (χ2n) is 3.85. The van der Waals surface area contributed by atoms with E-state index >= 15 is 0 Å². The highest BCUT2D eigenvalue weighted by atomic mass is 16.5. The van der Waals surface area contributed by atoms with E-state index in [0.29, 0.717) is 18.1 Å². The fraction of sp³-hybridized carbons (Fsp3) is 0.636. The van der Waals surface area contributed by atoms with Crippen molar-refractivity contribution < 1.29 is 9.15 Å². The average molecular weight is 195 g/mol. The molecule has 1 saturated heterocycles. The molecule has 78 valence electrons. The van der Waals surface area contributed by atoms with E-state index in [-0.39, 0.29) is 0 Å². The van der Waals surface area contributed by atoms with Gasteiger partial charge in [0.15, 0.2) is 0 Å². The first-order valence-electron chi connectivity index (χ1n) is 5.14. The minimum Gasteiger partial charge on any atom is -0.472 e. The molecule has 0 spiro atoms. The Labute approximate surface area is 84.4 Å². The zero-order chi connectivity index (χ0) is 9.97. The van der Waals surface area contributed by atoms with Crippen molar-refractivity contribution in [1.82, 2.24) is 5.32 Å². The van der Waals surface area contributed by atoms with Crippen molar-refractivity contribution in [3.63, 3.8) is 0 Å². The Morgan fingerprint density at radius 3 is 2.93 bits per heavy atom. The Hall–Kier alpha value is -0.800. The van der Waals surface area contributed by atoms with Crippen molar-refractivity contribution in [3.05, 3.63) is 24.2 Å². The number of nitrogens with one attached hydrogen (secondary N) is 1. The minimum atomic E-state index is 0.336. The third-order valence-electron chi connectivity index (χ3n) is 3.08. The third kappa shape index (κ3) is 1.70. The second-order valence-corrected chi connectivity index (χ2v) is 3.85. The van der Waals surface area contributed by atoms with Crippen LogP contribution in [-0.4, -0.2) is 19.8 Å². The van der Waals surface area contributed by atoms with E-state index in [4.69, 9.17) is 9.15 Å². The van der Waals surface area contributed by atoms with Crippen molar-refractivity contribution >= 4 is 0 Å². The molecule has 0 bridgehead atoms. The highest BCUT2D eigenvalue weighted by Gasteiger charge is 2.32. The molecule has 1 N–H and O–H groups in total. The summed E-state index contributed by atoms with van der Waals surface area (Å²) in [6, 6.07) is 2.37. The van der Waals surface area contributed by atoms with Gasteiger partial charge in [0.2, 0.25) is 0 Å². The Bertz CT molecular complexity index is 271. The van der Waals surface area contributed by atoms with Crippen LogP contribution in [0.3, 0.4) is 0 Å². The fourth-order valence-corrected chi connectivity index (χ4v) is 2.27. The van der Waals surface area contributed by atoms with Crippen LogP contribution in [0.2, 0.25) is 0 Å². The first kappa shape index (κ1) is 9.74. The Balaban J connectivity index is 2.13. The molecule has 0 aliphatic carbocycles. The first-order chi connectivity index (χ1) is 6.83. The molecule has 3 heteroatoms. The number of ether oxygens (including phenoxy) is 1. The largest absolute Gasteiger partial charge is 0.472 e. The summed E-state index contributed by atoms with van der Waals surface area (Å²) in [4.78, 5) is 0. The molecule has 1 fully saturated rings. The van der Waals surface area contributed by atoms with Crippen LogP contribution in [0.25, 0.3) is 0 Å². The summed E-state index contributed by atoms with van der Waals surface area (Å²) in [5, 5.41) is 3.34. The van der Waals surface area contributed by atoms with Crippen LogP contribution in [-0.2, 0) is 4.74 Å². The molecule has 3 atom stereocenters. The maximum atomic E-state index is 5.58. The van der Waals surface area contributed by atoms with Crippen LogP contribution < -0.4 is 5.32 Å². The van der Waals surface area contributed by atoms with Crippen LogP contribution >= 0.6 is 0 Å². The van der Waals surface area contributed by atoms with Gasteiger partial charge in [0, 0.05) is 24.1 Å². The third-order valence-corrected chi connectivity index (χ3v) is 3.08. The molecule has 0 amide bonds. The lowest BCUT2D eigenvalue weighted by Crippen LogP contribution is -2.29. The van der Waals surface area contributed by atoms with E-state index in [1.807, 2.05) is 19.4 Å². The summed E-state index contributed by atoms with van der Waals surface area (Å²) in [5.41, 5.74) is 1.22. The predicted molar refractivity (Wildman–Crippen MR) is 54.0 cm³/mol. The van der Waals surface area contributed by atoms with Crippen molar-refractivity contribution in [3.8, 4) is 0 Å². The van der Waals surface area contributed by atoms with Crippen molar-refractivity contribution in [2.45, 2.75) is 25.5 Å². The van der Waals surface area contributed by atoms with Gasteiger partial charge in [-0.2, -0.15) is 0 Å². The van der Waals surface area contributed by atoms with Gasteiger partial charge in [0.25, 0.3) is 0 Å². The summed E-state index contributed by atoms with van der Waals surface area (Å²) in [6.45, 7) is 3.02. The summed E-state index contributed by atoms with van der Waals surface area (Å²) in [7, 11) is 1.99. The van der Waals surface area contributed by atoms with Gasteiger partial charge in [0.1, 0.15) is 0 Å². The number of furan rings is 1. The molecule has 1 aromatic heterocycles. The molecule has 0 saturated carbocycles. The van der Waals surface area contributed by atoms with Gasteiger partial charge >= 0.3 is 0 Å². The maximum absolute atomic E-state index is 5.58. The van der Waals surface area contributed by atoms with Crippen molar-refractivity contribution in [1.29, 1.82) is 0 Å². The molecular formula is C11H17NO2. The van der Waals surface area contributed by atoms with E-state index in [2.05, 4.69) is 12.2 Å². The van der Waals surface area contributed by atoms with E-state index < -0.39 is 0 Å². The van der Waals surface area contributed by atoms with Gasteiger partial charge in [-0.15, -0.1) is 0 Å². The topological polar surface area (TPSA) is 34.4 Å². The van der Waals surface area contributed by atoms with E-state index in [0.717, 1.165) is 13.0 Å². The monoisotopic (exact) mass is 195 g/mol. The lowest BCUT2D eigenvalue weighted by molar-refractivity contribution is 0.0962. The van der Waals surface area contributed by atoms with E-state index in [9.17, 15) is 0 Å². The molecule has 1 aliphatic rings. The van der Waals surface area contributed by atoms with Gasteiger partial charge in [-0.3, -0.25) is 0 Å². The summed E-state index contributed by atoms with van der Waals surface area (Å²) < 4.78 is 10.7. The van der Waals surface area contributed by atoms with Crippen molar-refractivity contribution in [2.75, 3.05) is 13.7 Å². The molecule has 0 aromatic carbocycles. The molecule has 3 nitrogen and oxygen atoms in total. The minimum absolute atomic E-state index is 0.336. The number of hydrogen-bond acceptors (Lipinski definition) is 3. The molecule has 1 aromatic rings. The molecule has 2 heterocycles. The molecule has 14 heavy (non-hydrogen) atoms.